The second kappa shape index (κ2) is 5.19. The highest BCUT2D eigenvalue weighted by molar-refractivity contribution is 6.08. The van der Waals surface area contributed by atoms with Crippen molar-refractivity contribution in [2.24, 2.45) is 5.92 Å². The van der Waals surface area contributed by atoms with Gasteiger partial charge >= 0.3 is 5.97 Å². The molecule has 1 heterocycles. The van der Waals surface area contributed by atoms with Gasteiger partial charge in [0.2, 0.25) is 0 Å². The summed E-state index contributed by atoms with van der Waals surface area (Å²) < 4.78 is 4.75. The van der Waals surface area contributed by atoms with Gasteiger partial charge in [0.1, 0.15) is 5.92 Å². The minimum Gasteiger partial charge on any atom is -0.465 e. The third-order valence-electron chi connectivity index (χ3n) is 1.90. The highest BCUT2D eigenvalue weighted by Crippen LogP contribution is 2.08. The van der Waals surface area contributed by atoms with Crippen LogP contribution in [0.5, 0.6) is 0 Å². The molecule has 5 heteroatoms. The Kier molecular flexibility index (Phi) is 3.91. The van der Waals surface area contributed by atoms with Gasteiger partial charge in [-0.25, -0.2) is 0 Å². The van der Waals surface area contributed by atoms with Gasteiger partial charge in [0.25, 0.3) is 0 Å². The zero-order valence-electron chi connectivity index (χ0n) is 8.64. The average Bonchev–Trinajstić information content (AvgIpc) is 2.28. The molecule has 1 aromatic rings. The molecule has 0 aliphatic rings. The van der Waals surface area contributed by atoms with Crippen LogP contribution in [-0.4, -0.2) is 28.6 Å². The molecule has 1 unspecified atom stereocenters. The standard InChI is InChI=1S/C10H12N2O3/c1-3-15-10(14)7(2)9(13)8-4-5-11-12-6-8/h4-7H,3H2,1-2H3. The first-order chi connectivity index (χ1) is 7.16. The summed E-state index contributed by atoms with van der Waals surface area (Å²) in [6.45, 7) is 3.48. The average molecular weight is 208 g/mol. The summed E-state index contributed by atoms with van der Waals surface area (Å²) in [5.41, 5.74) is 0.366. The van der Waals surface area contributed by atoms with Gasteiger partial charge in [-0.1, -0.05) is 0 Å². The summed E-state index contributed by atoms with van der Waals surface area (Å²) in [5.74, 6) is -1.61. The second-order valence-electron chi connectivity index (χ2n) is 2.97. The molecule has 80 valence electrons. The number of aromatic nitrogens is 2. The van der Waals surface area contributed by atoms with Crippen LogP contribution >= 0.6 is 0 Å². The number of esters is 1. The first-order valence-electron chi connectivity index (χ1n) is 4.64. The number of ether oxygens (including phenoxy) is 1. The number of carbonyl (C=O) groups is 2. The van der Waals surface area contributed by atoms with E-state index in [1.807, 2.05) is 0 Å². The molecule has 1 atom stereocenters. The van der Waals surface area contributed by atoms with E-state index in [0.717, 1.165) is 0 Å². The third-order valence-corrected chi connectivity index (χ3v) is 1.90. The van der Waals surface area contributed by atoms with E-state index in [0.29, 0.717) is 5.56 Å². The van der Waals surface area contributed by atoms with E-state index in [2.05, 4.69) is 10.2 Å². The van der Waals surface area contributed by atoms with Gasteiger partial charge < -0.3 is 4.74 Å². The van der Waals surface area contributed by atoms with Crippen molar-refractivity contribution in [3.05, 3.63) is 24.0 Å². The van der Waals surface area contributed by atoms with Crippen molar-refractivity contribution in [2.45, 2.75) is 13.8 Å². The normalized spacial score (nSPS) is 11.9. The van der Waals surface area contributed by atoms with E-state index < -0.39 is 11.9 Å². The lowest BCUT2D eigenvalue weighted by Gasteiger charge is -2.08. The Hall–Kier alpha value is -1.78. The lowest BCUT2D eigenvalue weighted by atomic mass is 10.0. The zero-order valence-corrected chi connectivity index (χ0v) is 8.64. The van der Waals surface area contributed by atoms with Crippen LogP contribution in [0.1, 0.15) is 24.2 Å². The van der Waals surface area contributed by atoms with Crippen LogP contribution in [0.2, 0.25) is 0 Å². The van der Waals surface area contributed by atoms with Crippen molar-refractivity contribution >= 4 is 11.8 Å². The van der Waals surface area contributed by atoms with E-state index in [1.165, 1.54) is 25.4 Å². The first-order valence-corrected chi connectivity index (χ1v) is 4.64. The topological polar surface area (TPSA) is 69.2 Å². The number of Topliss-reactive ketones (excluding diaryl/α,β-unsaturated/α-hetero) is 1. The fourth-order valence-electron chi connectivity index (χ4n) is 1.06. The minimum absolute atomic E-state index is 0.269. The van der Waals surface area contributed by atoms with Crippen LogP contribution in [0, 0.1) is 5.92 Å². The zero-order chi connectivity index (χ0) is 11.3. The Morgan fingerprint density at radius 3 is 2.73 bits per heavy atom. The van der Waals surface area contributed by atoms with Crippen LogP contribution in [0.15, 0.2) is 18.5 Å². The molecule has 0 aliphatic heterocycles. The summed E-state index contributed by atoms with van der Waals surface area (Å²) in [7, 11) is 0. The maximum absolute atomic E-state index is 11.7. The van der Waals surface area contributed by atoms with Gasteiger partial charge in [0, 0.05) is 5.56 Å². The van der Waals surface area contributed by atoms with Gasteiger partial charge in [0.05, 0.1) is 19.0 Å². The Bertz CT molecular complexity index is 351. The smallest absolute Gasteiger partial charge is 0.316 e. The van der Waals surface area contributed by atoms with E-state index >= 15 is 0 Å². The fourth-order valence-corrected chi connectivity index (χ4v) is 1.06. The quantitative estimate of drug-likeness (QED) is 0.417. The highest BCUT2D eigenvalue weighted by atomic mass is 16.5. The molecule has 1 rings (SSSR count). The van der Waals surface area contributed by atoms with Crippen molar-refractivity contribution in [1.29, 1.82) is 0 Å². The number of rotatable bonds is 4. The molecule has 0 amide bonds. The van der Waals surface area contributed by atoms with Crippen molar-refractivity contribution in [2.75, 3.05) is 6.61 Å². The van der Waals surface area contributed by atoms with Crippen LogP contribution < -0.4 is 0 Å². The summed E-state index contributed by atoms with van der Waals surface area (Å²) >= 11 is 0. The van der Waals surface area contributed by atoms with Crippen molar-refractivity contribution in [3.8, 4) is 0 Å². The molecule has 0 aromatic carbocycles. The maximum Gasteiger partial charge on any atom is 0.316 e. The monoisotopic (exact) mass is 208 g/mol. The van der Waals surface area contributed by atoms with Gasteiger partial charge in [-0.3, -0.25) is 9.59 Å². The summed E-state index contributed by atoms with van der Waals surface area (Å²) in [6, 6.07) is 1.52. The van der Waals surface area contributed by atoms with E-state index in [-0.39, 0.29) is 12.4 Å². The molecule has 0 spiro atoms. The molecular weight excluding hydrogens is 196 g/mol. The van der Waals surface area contributed by atoms with Gasteiger partial charge in [-0.2, -0.15) is 10.2 Å². The Morgan fingerprint density at radius 2 is 2.20 bits per heavy atom. The Balaban J connectivity index is 2.73. The minimum atomic E-state index is -0.797. The number of ketones is 1. The predicted octanol–water partition coefficient (Wildman–Crippen LogP) is 0.858. The maximum atomic E-state index is 11.7. The van der Waals surface area contributed by atoms with Crippen molar-refractivity contribution < 1.29 is 14.3 Å². The molecule has 0 N–H and O–H groups in total. The Morgan fingerprint density at radius 1 is 1.47 bits per heavy atom. The molecule has 0 radical (unpaired) electrons. The fraction of sp³-hybridized carbons (Fsp3) is 0.400. The first kappa shape index (κ1) is 11.3. The van der Waals surface area contributed by atoms with Crippen LogP contribution in [0.3, 0.4) is 0 Å². The molecule has 0 saturated heterocycles. The summed E-state index contributed by atoms with van der Waals surface area (Å²) in [4.78, 5) is 23.0. The molecule has 0 fully saturated rings. The number of hydrogen-bond donors (Lipinski definition) is 0. The lowest BCUT2D eigenvalue weighted by Crippen LogP contribution is -2.23. The van der Waals surface area contributed by atoms with Crippen LogP contribution in [0.4, 0.5) is 0 Å². The summed E-state index contributed by atoms with van der Waals surface area (Å²) in [6.07, 6.45) is 2.74. The second-order valence-corrected chi connectivity index (χ2v) is 2.97. The molecule has 5 nitrogen and oxygen atoms in total. The van der Waals surface area contributed by atoms with Crippen LogP contribution in [-0.2, 0) is 9.53 Å². The number of carbonyl (C=O) groups excluding carboxylic acids is 2. The van der Waals surface area contributed by atoms with Gasteiger partial charge in [0.15, 0.2) is 5.78 Å². The SMILES string of the molecule is CCOC(=O)C(C)C(=O)c1ccnnc1. The number of hydrogen-bond acceptors (Lipinski definition) is 5. The van der Waals surface area contributed by atoms with Gasteiger partial charge in [-0.15, -0.1) is 0 Å². The molecule has 0 saturated carbocycles. The Labute approximate surface area is 87.5 Å². The highest BCUT2D eigenvalue weighted by Gasteiger charge is 2.23. The number of nitrogens with zero attached hydrogens (tertiary/aromatic N) is 2. The van der Waals surface area contributed by atoms with Crippen molar-refractivity contribution in [1.82, 2.24) is 10.2 Å². The summed E-state index contributed by atoms with van der Waals surface area (Å²) in [5, 5.41) is 7.12. The largest absolute Gasteiger partial charge is 0.465 e. The van der Waals surface area contributed by atoms with Crippen molar-refractivity contribution in [3.63, 3.8) is 0 Å². The molecule has 15 heavy (non-hydrogen) atoms. The van der Waals surface area contributed by atoms with Crippen LogP contribution in [0.25, 0.3) is 0 Å². The van der Waals surface area contributed by atoms with E-state index in [1.54, 1.807) is 6.92 Å². The molecule has 1 aromatic heterocycles. The molecule has 0 aliphatic carbocycles. The third kappa shape index (κ3) is 2.83. The lowest BCUT2D eigenvalue weighted by molar-refractivity contribution is -0.145. The molecular formula is C10H12N2O3. The van der Waals surface area contributed by atoms with E-state index in [4.69, 9.17) is 4.74 Å². The van der Waals surface area contributed by atoms with Gasteiger partial charge in [-0.05, 0) is 19.9 Å². The molecule has 0 bridgehead atoms. The predicted molar refractivity (Wildman–Crippen MR) is 52.2 cm³/mol. The van der Waals surface area contributed by atoms with E-state index in [9.17, 15) is 9.59 Å².